The highest BCUT2D eigenvalue weighted by molar-refractivity contribution is 7.99. The molecule has 20 heavy (non-hydrogen) atoms. The predicted octanol–water partition coefficient (Wildman–Crippen LogP) is 1.26. The molecule has 0 saturated carbocycles. The van der Waals surface area contributed by atoms with E-state index in [2.05, 4.69) is 0 Å². The fraction of sp³-hybridized carbons (Fsp3) is 0.467. The third-order valence-electron chi connectivity index (χ3n) is 3.27. The summed E-state index contributed by atoms with van der Waals surface area (Å²) in [5.74, 6) is 0.659. The van der Waals surface area contributed by atoms with Crippen LogP contribution in [0.3, 0.4) is 0 Å². The van der Waals surface area contributed by atoms with Crippen LogP contribution in [0.1, 0.15) is 12.5 Å². The molecule has 0 aromatic heterocycles. The van der Waals surface area contributed by atoms with E-state index in [0.29, 0.717) is 5.75 Å². The molecule has 4 nitrogen and oxygen atoms in total. The molecule has 0 radical (unpaired) electrons. The number of benzene rings is 1. The van der Waals surface area contributed by atoms with Crippen molar-refractivity contribution in [2.45, 2.75) is 36.8 Å². The van der Waals surface area contributed by atoms with Gasteiger partial charge in [-0.05, 0) is 12.5 Å². The molecule has 0 amide bonds. The largest absolute Gasteiger partial charge is 0.388 e. The van der Waals surface area contributed by atoms with Crippen LogP contribution >= 0.6 is 11.8 Å². The van der Waals surface area contributed by atoms with E-state index in [0.717, 1.165) is 5.56 Å². The Hall–Kier alpha value is -0.850. The second kappa shape index (κ2) is 7.24. The van der Waals surface area contributed by atoms with Gasteiger partial charge >= 0.3 is 0 Å². The van der Waals surface area contributed by atoms with Crippen molar-refractivity contribution in [3.05, 3.63) is 42.0 Å². The quantitative estimate of drug-likeness (QED) is 0.780. The maximum Gasteiger partial charge on any atom is 0.132 e. The minimum absolute atomic E-state index is 0.482. The standard InChI is InChI=1S/C15H20O4S/c1-10-12(16)13(17)14(18)15(19-10)20-9-5-8-11-6-3-2-4-7-11/h2-8,10,12-18H,9H2,1H3/t10-,12-,13+,14+,15+/m0/s1. The third kappa shape index (κ3) is 3.84. The van der Waals surface area contributed by atoms with Crippen LogP contribution in [-0.2, 0) is 4.74 Å². The molecular weight excluding hydrogens is 276 g/mol. The van der Waals surface area contributed by atoms with E-state index in [-0.39, 0.29) is 0 Å². The number of hydrogen-bond acceptors (Lipinski definition) is 5. The average Bonchev–Trinajstić information content (AvgIpc) is 2.47. The average molecular weight is 296 g/mol. The fourth-order valence-electron chi connectivity index (χ4n) is 2.05. The topological polar surface area (TPSA) is 69.9 Å². The Morgan fingerprint density at radius 2 is 1.80 bits per heavy atom. The van der Waals surface area contributed by atoms with Crippen LogP contribution in [0.15, 0.2) is 36.4 Å². The zero-order valence-corrected chi connectivity index (χ0v) is 12.1. The smallest absolute Gasteiger partial charge is 0.132 e. The Kier molecular flexibility index (Phi) is 5.63. The summed E-state index contributed by atoms with van der Waals surface area (Å²) < 4.78 is 5.50. The minimum atomic E-state index is -1.16. The van der Waals surface area contributed by atoms with Crippen molar-refractivity contribution in [2.75, 3.05) is 5.75 Å². The first-order valence-corrected chi connectivity index (χ1v) is 7.67. The molecular formula is C15H20O4S. The van der Waals surface area contributed by atoms with Crippen LogP contribution < -0.4 is 0 Å². The number of thioether (sulfide) groups is 1. The molecule has 1 aliphatic heterocycles. The maximum atomic E-state index is 9.86. The number of ether oxygens (including phenoxy) is 1. The van der Waals surface area contributed by atoms with Gasteiger partial charge in [-0.2, -0.15) is 0 Å². The van der Waals surface area contributed by atoms with E-state index in [4.69, 9.17) is 4.74 Å². The number of aliphatic hydroxyl groups is 3. The van der Waals surface area contributed by atoms with E-state index >= 15 is 0 Å². The lowest BCUT2D eigenvalue weighted by atomic mass is 10.0. The summed E-state index contributed by atoms with van der Waals surface area (Å²) in [6.07, 6.45) is 0.228. The van der Waals surface area contributed by atoms with Gasteiger partial charge < -0.3 is 20.1 Å². The summed E-state index contributed by atoms with van der Waals surface area (Å²) in [6, 6.07) is 9.93. The van der Waals surface area contributed by atoms with Gasteiger partial charge in [0.25, 0.3) is 0 Å². The van der Waals surface area contributed by atoms with Crippen molar-refractivity contribution in [1.29, 1.82) is 0 Å². The van der Waals surface area contributed by atoms with Crippen molar-refractivity contribution >= 4 is 17.8 Å². The summed E-state index contributed by atoms with van der Waals surface area (Å²) in [5.41, 5.74) is 0.589. The van der Waals surface area contributed by atoms with Crippen LogP contribution in [-0.4, -0.2) is 50.9 Å². The number of aliphatic hydroxyl groups excluding tert-OH is 3. The van der Waals surface area contributed by atoms with Gasteiger partial charge in [-0.15, -0.1) is 11.8 Å². The molecule has 110 valence electrons. The van der Waals surface area contributed by atoms with Crippen molar-refractivity contribution in [1.82, 2.24) is 0 Å². The fourth-order valence-corrected chi connectivity index (χ4v) is 3.06. The van der Waals surface area contributed by atoms with Crippen molar-refractivity contribution < 1.29 is 20.1 Å². The lowest BCUT2D eigenvalue weighted by molar-refractivity contribution is -0.192. The second-order valence-corrected chi connectivity index (χ2v) is 5.96. The number of rotatable bonds is 4. The summed E-state index contributed by atoms with van der Waals surface area (Å²) in [5, 5.41) is 29.2. The van der Waals surface area contributed by atoms with Gasteiger partial charge in [-0.3, -0.25) is 0 Å². The van der Waals surface area contributed by atoms with Gasteiger partial charge in [0.15, 0.2) is 0 Å². The zero-order valence-electron chi connectivity index (χ0n) is 11.3. The molecule has 2 rings (SSSR count). The Bertz CT molecular complexity index is 437. The minimum Gasteiger partial charge on any atom is -0.388 e. The Morgan fingerprint density at radius 3 is 2.50 bits per heavy atom. The molecule has 5 atom stereocenters. The molecule has 1 aliphatic rings. The van der Waals surface area contributed by atoms with Gasteiger partial charge in [0.2, 0.25) is 0 Å². The van der Waals surface area contributed by atoms with E-state index < -0.39 is 29.9 Å². The Labute approximate surface area is 123 Å². The monoisotopic (exact) mass is 296 g/mol. The van der Waals surface area contributed by atoms with Crippen molar-refractivity contribution in [2.24, 2.45) is 0 Å². The van der Waals surface area contributed by atoms with Crippen LogP contribution in [0.2, 0.25) is 0 Å². The van der Waals surface area contributed by atoms with Crippen molar-refractivity contribution in [3.8, 4) is 0 Å². The zero-order chi connectivity index (χ0) is 14.5. The molecule has 0 unspecified atom stereocenters. The Morgan fingerprint density at radius 1 is 1.10 bits per heavy atom. The molecule has 5 heteroatoms. The first-order valence-electron chi connectivity index (χ1n) is 6.62. The van der Waals surface area contributed by atoms with E-state index in [1.807, 2.05) is 42.5 Å². The summed E-state index contributed by atoms with van der Waals surface area (Å²) in [7, 11) is 0. The summed E-state index contributed by atoms with van der Waals surface area (Å²) in [6.45, 7) is 1.69. The molecule has 1 aromatic rings. The van der Waals surface area contributed by atoms with E-state index in [1.54, 1.807) is 6.92 Å². The van der Waals surface area contributed by atoms with E-state index in [9.17, 15) is 15.3 Å². The normalized spacial score (nSPS) is 34.5. The molecule has 0 aliphatic carbocycles. The Balaban J connectivity index is 1.83. The van der Waals surface area contributed by atoms with Crippen LogP contribution in [0.4, 0.5) is 0 Å². The second-order valence-electron chi connectivity index (χ2n) is 4.83. The van der Waals surface area contributed by atoms with Crippen LogP contribution in [0, 0.1) is 0 Å². The molecule has 0 bridgehead atoms. The predicted molar refractivity (Wildman–Crippen MR) is 80.3 cm³/mol. The van der Waals surface area contributed by atoms with Crippen LogP contribution in [0.5, 0.6) is 0 Å². The molecule has 1 aromatic carbocycles. The summed E-state index contributed by atoms with van der Waals surface area (Å²) in [4.78, 5) is 0. The molecule has 0 spiro atoms. The molecule has 1 fully saturated rings. The maximum absolute atomic E-state index is 9.86. The van der Waals surface area contributed by atoms with Crippen LogP contribution in [0.25, 0.3) is 6.08 Å². The van der Waals surface area contributed by atoms with Gasteiger partial charge in [-0.25, -0.2) is 0 Å². The third-order valence-corrected chi connectivity index (χ3v) is 4.38. The van der Waals surface area contributed by atoms with Crippen molar-refractivity contribution in [3.63, 3.8) is 0 Å². The lowest BCUT2D eigenvalue weighted by Crippen LogP contribution is -2.55. The molecule has 1 heterocycles. The van der Waals surface area contributed by atoms with Gasteiger partial charge in [0.05, 0.1) is 6.10 Å². The highest BCUT2D eigenvalue weighted by Crippen LogP contribution is 2.28. The molecule has 3 N–H and O–H groups in total. The highest BCUT2D eigenvalue weighted by Gasteiger charge is 2.41. The van der Waals surface area contributed by atoms with E-state index in [1.165, 1.54) is 11.8 Å². The highest BCUT2D eigenvalue weighted by atomic mass is 32.2. The SMILES string of the molecule is C[C@@H]1O[C@H](SCC=Cc2ccccc2)[C@H](O)[C@H](O)[C@H]1O. The number of hydrogen-bond donors (Lipinski definition) is 3. The molecule has 1 saturated heterocycles. The first kappa shape index (κ1) is 15.5. The van der Waals surface area contributed by atoms with Gasteiger partial charge in [-0.1, -0.05) is 42.5 Å². The van der Waals surface area contributed by atoms with Gasteiger partial charge in [0.1, 0.15) is 23.7 Å². The first-order chi connectivity index (χ1) is 9.59. The lowest BCUT2D eigenvalue weighted by Gasteiger charge is -2.38. The summed E-state index contributed by atoms with van der Waals surface area (Å²) >= 11 is 1.40. The van der Waals surface area contributed by atoms with Gasteiger partial charge in [0, 0.05) is 5.75 Å².